The molecule has 0 bridgehead atoms. The van der Waals surface area contributed by atoms with Gasteiger partial charge in [0.1, 0.15) is 5.69 Å². The van der Waals surface area contributed by atoms with Gasteiger partial charge in [-0.2, -0.15) is 0 Å². The van der Waals surface area contributed by atoms with Gasteiger partial charge in [0.05, 0.1) is 10.2 Å². The van der Waals surface area contributed by atoms with Gasteiger partial charge in [0.15, 0.2) is 10.3 Å². The summed E-state index contributed by atoms with van der Waals surface area (Å²) in [5, 5.41) is 7.96. The van der Waals surface area contributed by atoms with Gasteiger partial charge in [-0.1, -0.05) is 35.6 Å². The van der Waals surface area contributed by atoms with Crippen LogP contribution in [0, 0.1) is 6.92 Å². The zero-order chi connectivity index (χ0) is 18.8. The maximum absolute atomic E-state index is 12.4. The first-order chi connectivity index (χ1) is 13.1. The number of nitrogens with one attached hydrogen (secondary N) is 2. The van der Waals surface area contributed by atoms with Gasteiger partial charge in [-0.3, -0.25) is 20.2 Å². The molecule has 0 saturated heterocycles. The molecule has 27 heavy (non-hydrogen) atoms. The maximum Gasteiger partial charge on any atom is 0.276 e. The molecule has 0 atom stereocenters. The van der Waals surface area contributed by atoms with Crippen LogP contribution in [-0.4, -0.2) is 21.8 Å². The SMILES string of the molecule is Cc1ccc2nc(NC(=O)c3csc(NC(=O)c4ccccc4)n3)sc2c1. The minimum atomic E-state index is -0.359. The van der Waals surface area contributed by atoms with Gasteiger partial charge >= 0.3 is 0 Å². The monoisotopic (exact) mass is 394 g/mol. The van der Waals surface area contributed by atoms with Crippen LogP contribution in [0.15, 0.2) is 53.9 Å². The third-order valence-corrected chi connectivity index (χ3v) is 5.45. The molecular formula is C19H14N4O2S2. The molecule has 0 spiro atoms. The summed E-state index contributed by atoms with van der Waals surface area (Å²) in [7, 11) is 0. The van der Waals surface area contributed by atoms with E-state index in [1.54, 1.807) is 29.6 Å². The van der Waals surface area contributed by atoms with Crippen LogP contribution in [0.3, 0.4) is 0 Å². The van der Waals surface area contributed by atoms with E-state index in [-0.39, 0.29) is 17.5 Å². The van der Waals surface area contributed by atoms with E-state index in [1.165, 1.54) is 22.7 Å². The van der Waals surface area contributed by atoms with Gasteiger partial charge in [-0.15, -0.1) is 11.3 Å². The molecule has 2 N–H and O–H groups in total. The minimum absolute atomic E-state index is 0.235. The molecule has 0 aliphatic heterocycles. The summed E-state index contributed by atoms with van der Waals surface area (Å²) >= 11 is 2.61. The van der Waals surface area contributed by atoms with E-state index in [9.17, 15) is 9.59 Å². The van der Waals surface area contributed by atoms with Crippen LogP contribution in [0.25, 0.3) is 10.2 Å². The second kappa shape index (κ2) is 7.26. The van der Waals surface area contributed by atoms with Gasteiger partial charge in [0, 0.05) is 10.9 Å². The van der Waals surface area contributed by atoms with Gasteiger partial charge in [-0.25, -0.2) is 9.97 Å². The number of carbonyl (C=O) groups is 2. The fourth-order valence-corrected chi connectivity index (χ4v) is 4.09. The van der Waals surface area contributed by atoms with Crippen LogP contribution in [-0.2, 0) is 0 Å². The summed E-state index contributed by atoms with van der Waals surface area (Å²) in [6, 6.07) is 14.8. The fourth-order valence-electron chi connectivity index (χ4n) is 2.44. The van der Waals surface area contributed by atoms with Crippen molar-refractivity contribution >= 4 is 55.0 Å². The highest BCUT2D eigenvalue weighted by Gasteiger charge is 2.15. The van der Waals surface area contributed by atoms with Crippen LogP contribution in [0.5, 0.6) is 0 Å². The summed E-state index contributed by atoms with van der Waals surface area (Å²) < 4.78 is 1.01. The quantitative estimate of drug-likeness (QED) is 0.531. The summed E-state index contributed by atoms with van der Waals surface area (Å²) in [4.78, 5) is 33.2. The second-order valence-electron chi connectivity index (χ2n) is 5.80. The van der Waals surface area contributed by atoms with Crippen molar-refractivity contribution < 1.29 is 9.59 Å². The first-order valence-electron chi connectivity index (χ1n) is 8.09. The number of amides is 2. The van der Waals surface area contributed by atoms with E-state index in [1.807, 2.05) is 31.2 Å². The Bertz CT molecular complexity index is 1140. The number of aromatic nitrogens is 2. The van der Waals surface area contributed by atoms with Crippen molar-refractivity contribution in [3.8, 4) is 0 Å². The highest BCUT2D eigenvalue weighted by molar-refractivity contribution is 7.22. The van der Waals surface area contributed by atoms with E-state index in [0.29, 0.717) is 15.8 Å². The summed E-state index contributed by atoms with van der Waals surface area (Å²) in [5.74, 6) is -0.624. The van der Waals surface area contributed by atoms with Gasteiger partial charge in [0.2, 0.25) is 0 Å². The normalized spacial score (nSPS) is 10.7. The van der Waals surface area contributed by atoms with Crippen LogP contribution in [0.1, 0.15) is 26.4 Å². The maximum atomic E-state index is 12.4. The van der Waals surface area contributed by atoms with E-state index >= 15 is 0 Å². The van der Waals surface area contributed by atoms with Gasteiger partial charge < -0.3 is 0 Å². The number of thiazole rings is 2. The lowest BCUT2D eigenvalue weighted by Gasteiger charge is -2.01. The molecule has 0 aliphatic rings. The molecule has 2 heterocycles. The highest BCUT2D eigenvalue weighted by Crippen LogP contribution is 2.27. The predicted octanol–water partition coefficient (Wildman–Crippen LogP) is 4.57. The van der Waals surface area contributed by atoms with Gasteiger partial charge in [-0.05, 0) is 36.8 Å². The zero-order valence-corrected chi connectivity index (χ0v) is 15.9. The highest BCUT2D eigenvalue weighted by atomic mass is 32.1. The molecule has 0 radical (unpaired) electrons. The molecule has 0 unspecified atom stereocenters. The Morgan fingerprint density at radius 2 is 1.70 bits per heavy atom. The Morgan fingerprint density at radius 1 is 0.926 bits per heavy atom. The average Bonchev–Trinajstić information content (AvgIpc) is 3.28. The topological polar surface area (TPSA) is 84.0 Å². The van der Waals surface area contributed by atoms with Crippen molar-refractivity contribution in [2.24, 2.45) is 0 Å². The van der Waals surface area contributed by atoms with E-state index < -0.39 is 0 Å². The number of nitrogens with zero attached hydrogens (tertiary/aromatic N) is 2. The van der Waals surface area contributed by atoms with Crippen molar-refractivity contribution in [1.82, 2.24) is 9.97 Å². The van der Waals surface area contributed by atoms with Crippen molar-refractivity contribution in [3.05, 3.63) is 70.7 Å². The number of rotatable bonds is 4. The summed E-state index contributed by atoms with van der Waals surface area (Å²) in [6.07, 6.45) is 0. The zero-order valence-electron chi connectivity index (χ0n) is 14.2. The first kappa shape index (κ1) is 17.3. The van der Waals surface area contributed by atoms with Crippen LogP contribution in [0.2, 0.25) is 0 Å². The molecule has 6 nitrogen and oxygen atoms in total. The minimum Gasteiger partial charge on any atom is -0.298 e. The van der Waals surface area contributed by atoms with Crippen molar-refractivity contribution in [1.29, 1.82) is 0 Å². The van der Waals surface area contributed by atoms with Gasteiger partial charge in [0.25, 0.3) is 11.8 Å². The number of carbonyl (C=O) groups excluding carboxylic acids is 2. The lowest BCUT2D eigenvalue weighted by Crippen LogP contribution is -2.14. The van der Waals surface area contributed by atoms with Crippen LogP contribution in [0.4, 0.5) is 10.3 Å². The van der Waals surface area contributed by atoms with Crippen molar-refractivity contribution in [2.45, 2.75) is 6.92 Å². The number of hydrogen-bond acceptors (Lipinski definition) is 6. The molecule has 2 aromatic heterocycles. The van der Waals surface area contributed by atoms with E-state index in [4.69, 9.17) is 0 Å². The molecule has 4 rings (SSSR count). The summed E-state index contributed by atoms with van der Waals surface area (Å²) in [6.45, 7) is 2.01. The second-order valence-corrected chi connectivity index (χ2v) is 7.69. The lowest BCUT2D eigenvalue weighted by atomic mass is 10.2. The molecule has 0 saturated carbocycles. The Balaban J connectivity index is 1.45. The molecule has 0 fully saturated rings. The lowest BCUT2D eigenvalue weighted by molar-refractivity contribution is 0.101. The molecule has 134 valence electrons. The smallest absolute Gasteiger partial charge is 0.276 e. The average molecular weight is 394 g/mol. The molecule has 4 aromatic rings. The number of hydrogen-bond donors (Lipinski definition) is 2. The molecular weight excluding hydrogens is 380 g/mol. The number of aryl methyl sites for hydroxylation is 1. The Hall–Kier alpha value is -3.10. The molecule has 2 amide bonds. The number of benzene rings is 2. The molecule has 2 aromatic carbocycles. The van der Waals surface area contributed by atoms with Crippen molar-refractivity contribution in [3.63, 3.8) is 0 Å². The Kier molecular flexibility index (Phi) is 4.66. The molecule has 0 aliphatic carbocycles. The molecule has 8 heteroatoms. The third-order valence-electron chi connectivity index (χ3n) is 3.76. The first-order valence-corrected chi connectivity index (χ1v) is 9.78. The van der Waals surface area contributed by atoms with Crippen LogP contribution < -0.4 is 10.6 Å². The Labute approximate surface area is 162 Å². The summed E-state index contributed by atoms with van der Waals surface area (Å²) in [5.41, 5.74) is 2.75. The standard InChI is InChI=1S/C19H14N4O2S2/c1-11-7-8-13-15(9-11)27-19(20-13)23-17(25)14-10-26-18(21-14)22-16(24)12-5-3-2-4-6-12/h2-10H,1H3,(H,20,23,25)(H,21,22,24). The largest absolute Gasteiger partial charge is 0.298 e. The number of anilines is 2. The van der Waals surface area contributed by atoms with Crippen molar-refractivity contribution in [2.75, 3.05) is 10.6 Å². The van der Waals surface area contributed by atoms with E-state index in [0.717, 1.165) is 15.8 Å². The number of fused-ring (bicyclic) bond motifs is 1. The third kappa shape index (κ3) is 3.86. The Morgan fingerprint density at radius 3 is 2.52 bits per heavy atom. The van der Waals surface area contributed by atoms with Crippen LogP contribution >= 0.6 is 22.7 Å². The fraction of sp³-hybridized carbons (Fsp3) is 0.0526. The predicted molar refractivity (Wildman–Crippen MR) is 109 cm³/mol. The van der Waals surface area contributed by atoms with E-state index in [2.05, 4.69) is 20.6 Å².